The van der Waals surface area contributed by atoms with E-state index in [-0.39, 0.29) is 17.9 Å². The molecule has 0 radical (unpaired) electrons. The van der Waals surface area contributed by atoms with Crippen LogP contribution < -0.4 is 11.3 Å². The number of nitro groups is 1. The van der Waals surface area contributed by atoms with E-state index in [1.54, 1.807) is 30.3 Å². The van der Waals surface area contributed by atoms with E-state index in [0.717, 1.165) is 4.90 Å². The highest BCUT2D eigenvalue weighted by molar-refractivity contribution is 6.21. The fourth-order valence-electron chi connectivity index (χ4n) is 2.51. The molecule has 0 fully saturated rings. The van der Waals surface area contributed by atoms with Gasteiger partial charge < -0.3 is 5.43 Å². The first-order chi connectivity index (χ1) is 11.0. The number of rotatable bonds is 4. The fourth-order valence-corrected chi connectivity index (χ4v) is 2.51. The van der Waals surface area contributed by atoms with Gasteiger partial charge in [0.25, 0.3) is 17.5 Å². The maximum Gasteiger partial charge on any atom is 0.293 e. The van der Waals surface area contributed by atoms with Crippen molar-refractivity contribution in [2.24, 2.45) is 5.84 Å². The van der Waals surface area contributed by atoms with E-state index in [0.29, 0.717) is 16.7 Å². The van der Waals surface area contributed by atoms with Crippen LogP contribution in [0.4, 0.5) is 11.4 Å². The minimum absolute atomic E-state index is 0.0436. The van der Waals surface area contributed by atoms with Gasteiger partial charge in [-0.15, -0.1) is 0 Å². The Morgan fingerprint density at radius 2 is 1.70 bits per heavy atom. The van der Waals surface area contributed by atoms with Crippen LogP contribution in [0.5, 0.6) is 0 Å². The number of carbonyl (C=O) groups excluding carboxylic acids is 2. The van der Waals surface area contributed by atoms with Crippen molar-refractivity contribution in [3.05, 3.63) is 69.3 Å². The molecule has 0 aliphatic carbocycles. The summed E-state index contributed by atoms with van der Waals surface area (Å²) in [6.45, 7) is -0.0436. The van der Waals surface area contributed by atoms with Gasteiger partial charge in [0.1, 0.15) is 5.69 Å². The second-order valence-electron chi connectivity index (χ2n) is 4.99. The molecule has 23 heavy (non-hydrogen) atoms. The monoisotopic (exact) mass is 312 g/mol. The van der Waals surface area contributed by atoms with Crippen molar-refractivity contribution in [2.45, 2.75) is 6.54 Å². The first-order valence-electron chi connectivity index (χ1n) is 6.72. The summed E-state index contributed by atoms with van der Waals surface area (Å²) < 4.78 is 0. The highest BCUT2D eigenvalue weighted by atomic mass is 16.6. The Bertz CT molecular complexity index is 799. The third-order valence-electron chi connectivity index (χ3n) is 3.63. The van der Waals surface area contributed by atoms with Crippen LogP contribution in [-0.4, -0.2) is 21.6 Å². The molecule has 0 spiro atoms. The van der Waals surface area contributed by atoms with Crippen LogP contribution in [0.15, 0.2) is 42.5 Å². The smallest absolute Gasteiger partial charge is 0.293 e. The normalized spacial score (nSPS) is 13.2. The van der Waals surface area contributed by atoms with E-state index in [1.165, 1.54) is 12.1 Å². The lowest BCUT2D eigenvalue weighted by Crippen LogP contribution is -2.29. The second-order valence-corrected chi connectivity index (χ2v) is 4.99. The first-order valence-corrected chi connectivity index (χ1v) is 6.72. The molecule has 0 saturated heterocycles. The Kier molecular flexibility index (Phi) is 3.51. The molecule has 8 heteroatoms. The van der Waals surface area contributed by atoms with Crippen LogP contribution >= 0.6 is 0 Å². The van der Waals surface area contributed by atoms with E-state index >= 15 is 0 Å². The molecule has 0 aromatic heterocycles. The molecule has 0 unspecified atom stereocenters. The maximum absolute atomic E-state index is 12.3. The largest absolute Gasteiger partial charge is 0.318 e. The number of nitrogens with one attached hydrogen (secondary N) is 1. The zero-order valence-electron chi connectivity index (χ0n) is 11.9. The van der Waals surface area contributed by atoms with Gasteiger partial charge in [0.2, 0.25) is 0 Å². The number of anilines is 1. The van der Waals surface area contributed by atoms with Gasteiger partial charge in [0, 0.05) is 6.07 Å². The molecule has 0 saturated carbocycles. The van der Waals surface area contributed by atoms with Gasteiger partial charge in [-0.05, 0) is 23.8 Å². The minimum atomic E-state index is -0.582. The van der Waals surface area contributed by atoms with Crippen molar-refractivity contribution in [3.63, 3.8) is 0 Å². The zero-order chi connectivity index (χ0) is 16.6. The first kappa shape index (κ1) is 14.7. The van der Waals surface area contributed by atoms with Gasteiger partial charge in [-0.1, -0.05) is 18.2 Å². The quantitative estimate of drug-likeness (QED) is 0.384. The number of nitrogens with two attached hydrogens (primary N) is 1. The number of nitrogen functional groups attached to an aromatic ring is 1. The third-order valence-corrected chi connectivity index (χ3v) is 3.63. The predicted octanol–water partition coefficient (Wildman–Crippen LogP) is 1.68. The highest BCUT2D eigenvalue weighted by Gasteiger charge is 2.35. The molecule has 1 heterocycles. The molecule has 3 N–H and O–H groups in total. The van der Waals surface area contributed by atoms with Crippen molar-refractivity contribution in [3.8, 4) is 0 Å². The Morgan fingerprint density at radius 3 is 2.22 bits per heavy atom. The maximum atomic E-state index is 12.3. The van der Waals surface area contributed by atoms with Crippen LogP contribution in [0.25, 0.3) is 0 Å². The summed E-state index contributed by atoms with van der Waals surface area (Å²) in [6.07, 6.45) is 0. The standard InChI is InChI=1S/C15H12N4O4/c16-17-12-6-5-9(7-13(12)19(22)23)8-18-14(20)10-3-1-2-4-11(10)15(18)21/h1-7,17H,8,16H2. The lowest BCUT2D eigenvalue weighted by atomic mass is 10.1. The fraction of sp³-hybridized carbons (Fsp3) is 0.0667. The average molecular weight is 312 g/mol. The van der Waals surface area contributed by atoms with Crippen LogP contribution in [-0.2, 0) is 6.54 Å². The van der Waals surface area contributed by atoms with Gasteiger partial charge in [-0.25, -0.2) is 0 Å². The second kappa shape index (κ2) is 5.50. The highest BCUT2D eigenvalue weighted by Crippen LogP contribution is 2.28. The summed E-state index contributed by atoms with van der Waals surface area (Å²) in [5.74, 6) is 4.41. The summed E-state index contributed by atoms with van der Waals surface area (Å²) in [4.78, 5) is 36.1. The number of benzene rings is 2. The number of amides is 2. The molecule has 0 atom stereocenters. The van der Waals surface area contributed by atoms with E-state index in [9.17, 15) is 19.7 Å². The molecule has 2 aromatic carbocycles. The number of nitro benzene ring substituents is 1. The molecular weight excluding hydrogens is 300 g/mol. The van der Waals surface area contributed by atoms with Gasteiger partial charge in [-0.2, -0.15) is 0 Å². The molecule has 2 amide bonds. The SMILES string of the molecule is NNc1ccc(CN2C(=O)c3ccccc3C2=O)cc1[N+](=O)[O-]. The molecule has 1 aliphatic heterocycles. The summed E-state index contributed by atoms with van der Waals surface area (Å²) >= 11 is 0. The van der Waals surface area contributed by atoms with Crippen molar-refractivity contribution in [2.75, 3.05) is 5.43 Å². The number of carbonyl (C=O) groups is 2. The van der Waals surface area contributed by atoms with Crippen LogP contribution in [0.1, 0.15) is 26.3 Å². The zero-order valence-corrected chi connectivity index (χ0v) is 11.9. The Morgan fingerprint density at radius 1 is 1.09 bits per heavy atom. The van der Waals surface area contributed by atoms with E-state index in [4.69, 9.17) is 5.84 Å². The van der Waals surface area contributed by atoms with Crippen molar-refractivity contribution >= 4 is 23.2 Å². The summed E-state index contributed by atoms with van der Waals surface area (Å²) in [7, 11) is 0. The minimum Gasteiger partial charge on any atom is -0.318 e. The third kappa shape index (κ3) is 2.40. The van der Waals surface area contributed by atoms with Crippen LogP contribution in [0, 0.1) is 10.1 Å². The van der Waals surface area contributed by atoms with Crippen molar-refractivity contribution in [1.29, 1.82) is 0 Å². The van der Waals surface area contributed by atoms with E-state index in [1.807, 2.05) is 0 Å². The average Bonchev–Trinajstić information content (AvgIpc) is 2.80. The summed E-state index contributed by atoms with van der Waals surface area (Å²) in [6, 6.07) is 10.8. The van der Waals surface area contributed by atoms with E-state index < -0.39 is 16.7 Å². The van der Waals surface area contributed by atoms with Crippen LogP contribution in [0.3, 0.4) is 0 Å². The summed E-state index contributed by atoms with van der Waals surface area (Å²) in [5, 5.41) is 11.0. The molecule has 0 bridgehead atoms. The molecule has 2 aromatic rings. The number of nitrogens with zero attached hydrogens (tertiary/aromatic N) is 2. The van der Waals surface area contributed by atoms with Crippen LogP contribution in [0.2, 0.25) is 0 Å². The molecule has 116 valence electrons. The van der Waals surface area contributed by atoms with Gasteiger partial charge >= 0.3 is 0 Å². The Hall–Kier alpha value is -3.26. The molecular formula is C15H12N4O4. The molecule has 1 aliphatic rings. The Balaban J connectivity index is 1.92. The number of hydrogen-bond acceptors (Lipinski definition) is 6. The van der Waals surface area contributed by atoms with Gasteiger partial charge in [0.15, 0.2) is 0 Å². The molecule has 3 rings (SSSR count). The molecule has 8 nitrogen and oxygen atoms in total. The van der Waals surface area contributed by atoms with Gasteiger partial charge in [-0.3, -0.25) is 30.4 Å². The number of imide groups is 1. The number of hydrazine groups is 1. The topological polar surface area (TPSA) is 119 Å². The summed E-state index contributed by atoms with van der Waals surface area (Å²) in [5.41, 5.74) is 3.32. The predicted molar refractivity (Wildman–Crippen MR) is 81.6 cm³/mol. The van der Waals surface area contributed by atoms with E-state index in [2.05, 4.69) is 5.43 Å². The lowest BCUT2D eigenvalue weighted by molar-refractivity contribution is -0.384. The van der Waals surface area contributed by atoms with Crippen molar-refractivity contribution < 1.29 is 14.5 Å². The number of hydrogen-bond donors (Lipinski definition) is 2. The van der Waals surface area contributed by atoms with Crippen molar-refractivity contribution in [1.82, 2.24) is 4.90 Å². The van der Waals surface area contributed by atoms with Gasteiger partial charge in [0.05, 0.1) is 22.6 Å². The Labute approximate surface area is 130 Å². The number of fused-ring (bicyclic) bond motifs is 1. The lowest BCUT2D eigenvalue weighted by Gasteiger charge is -2.14.